The van der Waals surface area contributed by atoms with E-state index in [1.165, 1.54) is 19.2 Å². The number of nitrogens with zero attached hydrogens (tertiary/aromatic N) is 1. The Morgan fingerprint density at radius 3 is 2.47 bits per heavy atom. The average Bonchev–Trinajstić information content (AvgIpc) is 2.37. The third kappa shape index (κ3) is 2.78. The lowest BCUT2D eigenvalue weighted by Crippen LogP contribution is -2.01. The van der Waals surface area contributed by atoms with Crippen molar-refractivity contribution < 1.29 is 17.9 Å². The van der Waals surface area contributed by atoms with Crippen LogP contribution in [0.15, 0.2) is 24.3 Å². The summed E-state index contributed by atoms with van der Waals surface area (Å²) in [5.74, 6) is -3.34. The number of aryl methyl sites for hydroxylation is 1. The molecule has 1 aromatic carbocycles. The second-order valence-electron chi connectivity index (χ2n) is 3.89. The van der Waals surface area contributed by atoms with E-state index in [0.717, 1.165) is 5.56 Å². The lowest BCUT2D eigenvalue weighted by Gasteiger charge is -2.09. The van der Waals surface area contributed by atoms with Crippen LogP contribution >= 0.6 is 0 Å². The Bertz CT molecular complexity index is 617. The molecule has 0 atom stereocenters. The maximum atomic E-state index is 13.5. The van der Waals surface area contributed by atoms with Crippen molar-refractivity contribution in [3.63, 3.8) is 0 Å². The van der Waals surface area contributed by atoms with Crippen LogP contribution in [0.1, 0.15) is 5.56 Å². The van der Waals surface area contributed by atoms with Gasteiger partial charge >= 0.3 is 0 Å². The summed E-state index contributed by atoms with van der Waals surface area (Å²) in [6, 6.07) is 4.78. The molecule has 1 N–H and O–H groups in total. The van der Waals surface area contributed by atoms with Crippen LogP contribution in [0.25, 0.3) is 0 Å². The monoisotopic (exact) mass is 268 g/mol. The standard InChI is InChI=1S/C13H11F3N2O/c1-7-3-4-8(14)11(5-7)19-13-10(16)6-9(15)12(17-2)18-13/h3-6H,1-2H3,(H,17,18). The molecule has 0 aliphatic carbocycles. The lowest BCUT2D eigenvalue weighted by atomic mass is 10.2. The zero-order chi connectivity index (χ0) is 14.0. The molecular formula is C13H11F3N2O. The summed E-state index contributed by atoms with van der Waals surface area (Å²) in [5.41, 5.74) is 0.743. The van der Waals surface area contributed by atoms with Crippen molar-refractivity contribution >= 4 is 5.82 Å². The number of aromatic nitrogens is 1. The highest BCUT2D eigenvalue weighted by Crippen LogP contribution is 2.28. The van der Waals surface area contributed by atoms with Crippen molar-refractivity contribution in [1.29, 1.82) is 0 Å². The zero-order valence-corrected chi connectivity index (χ0v) is 10.3. The fourth-order valence-electron chi connectivity index (χ4n) is 1.49. The lowest BCUT2D eigenvalue weighted by molar-refractivity contribution is 0.395. The van der Waals surface area contributed by atoms with Crippen LogP contribution in [0.4, 0.5) is 19.0 Å². The van der Waals surface area contributed by atoms with E-state index in [1.54, 1.807) is 13.0 Å². The molecule has 19 heavy (non-hydrogen) atoms. The van der Waals surface area contributed by atoms with Crippen LogP contribution < -0.4 is 10.1 Å². The molecule has 2 aromatic rings. The van der Waals surface area contributed by atoms with Gasteiger partial charge in [-0.15, -0.1) is 0 Å². The fourth-order valence-corrected chi connectivity index (χ4v) is 1.49. The molecule has 1 heterocycles. The van der Waals surface area contributed by atoms with E-state index in [1.807, 2.05) is 0 Å². The molecule has 0 fully saturated rings. The van der Waals surface area contributed by atoms with E-state index < -0.39 is 23.3 Å². The van der Waals surface area contributed by atoms with Gasteiger partial charge in [-0.05, 0) is 24.6 Å². The Balaban J connectivity index is 2.40. The van der Waals surface area contributed by atoms with Crippen molar-refractivity contribution in [3.8, 4) is 11.6 Å². The summed E-state index contributed by atoms with van der Waals surface area (Å²) in [7, 11) is 1.43. The van der Waals surface area contributed by atoms with Gasteiger partial charge in [0.1, 0.15) is 0 Å². The van der Waals surface area contributed by atoms with Gasteiger partial charge in [0.25, 0.3) is 5.88 Å². The zero-order valence-electron chi connectivity index (χ0n) is 10.3. The topological polar surface area (TPSA) is 34.2 Å². The van der Waals surface area contributed by atoms with E-state index in [9.17, 15) is 13.2 Å². The normalized spacial score (nSPS) is 10.4. The molecule has 100 valence electrons. The second-order valence-corrected chi connectivity index (χ2v) is 3.89. The molecule has 0 bridgehead atoms. The molecule has 0 aliphatic rings. The van der Waals surface area contributed by atoms with E-state index >= 15 is 0 Å². The summed E-state index contributed by atoms with van der Waals surface area (Å²) in [6.45, 7) is 1.74. The SMILES string of the molecule is CNc1nc(Oc2cc(C)ccc2F)c(F)cc1F. The predicted molar refractivity (Wildman–Crippen MR) is 64.9 cm³/mol. The van der Waals surface area contributed by atoms with E-state index in [0.29, 0.717) is 6.07 Å². The number of pyridine rings is 1. The van der Waals surface area contributed by atoms with Gasteiger partial charge in [0, 0.05) is 13.1 Å². The summed E-state index contributed by atoms with van der Waals surface area (Å²) in [6.07, 6.45) is 0. The minimum absolute atomic E-state index is 0.167. The van der Waals surface area contributed by atoms with Gasteiger partial charge in [-0.3, -0.25) is 0 Å². The van der Waals surface area contributed by atoms with Crippen molar-refractivity contribution in [1.82, 2.24) is 4.98 Å². The van der Waals surface area contributed by atoms with E-state index in [-0.39, 0.29) is 11.6 Å². The van der Waals surface area contributed by atoms with Crippen LogP contribution in [0.3, 0.4) is 0 Å². The molecule has 0 unspecified atom stereocenters. The second kappa shape index (κ2) is 5.17. The molecule has 0 saturated heterocycles. The number of ether oxygens (including phenoxy) is 1. The highest BCUT2D eigenvalue weighted by atomic mass is 19.1. The maximum absolute atomic E-state index is 13.5. The third-order valence-electron chi connectivity index (χ3n) is 2.43. The maximum Gasteiger partial charge on any atom is 0.258 e. The number of hydrogen-bond donors (Lipinski definition) is 1. The first-order chi connectivity index (χ1) is 9.01. The molecule has 2 rings (SSSR count). The van der Waals surface area contributed by atoms with E-state index in [4.69, 9.17) is 4.74 Å². The summed E-state index contributed by atoms with van der Waals surface area (Å²) < 4.78 is 45.3. The molecule has 6 heteroatoms. The smallest absolute Gasteiger partial charge is 0.258 e. The molecule has 0 radical (unpaired) electrons. The van der Waals surface area contributed by atoms with Gasteiger partial charge in [-0.1, -0.05) is 6.07 Å². The predicted octanol–water partition coefficient (Wildman–Crippen LogP) is 3.64. The Morgan fingerprint density at radius 2 is 1.79 bits per heavy atom. The average molecular weight is 268 g/mol. The molecule has 1 aromatic heterocycles. The number of anilines is 1. The van der Waals surface area contributed by atoms with Gasteiger partial charge in [0.15, 0.2) is 29.0 Å². The van der Waals surface area contributed by atoms with E-state index in [2.05, 4.69) is 10.3 Å². The van der Waals surface area contributed by atoms with Crippen molar-refractivity contribution in [2.75, 3.05) is 12.4 Å². The van der Waals surface area contributed by atoms with Crippen molar-refractivity contribution in [2.24, 2.45) is 0 Å². The Hall–Kier alpha value is -2.24. The Morgan fingerprint density at radius 1 is 1.05 bits per heavy atom. The van der Waals surface area contributed by atoms with Crippen LogP contribution in [-0.2, 0) is 0 Å². The van der Waals surface area contributed by atoms with Crippen LogP contribution in [0.5, 0.6) is 11.6 Å². The van der Waals surface area contributed by atoms with Crippen LogP contribution in [0, 0.1) is 24.4 Å². The molecular weight excluding hydrogens is 257 g/mol. The van der Waals surface area contributed by atoms with Gasteiger partial charge in [-0.25, -0.2) is 13.2 Å². The first-order valence-corrected chi connectivity index (χ1v) is 5.49. The minimum Gasteiger partial charge on any atom is -0.433 e. The highest BCUT2D eigenvalue weighted by Gasteiger charge is 2.14. The minimum atomic E-state index is -1.00. The quantitative estimate of drug-likeness (QED) is 0.922. The van der Waals surface area contributed by atoms with Gasteiger partial charge in [0.05, 0.1) is 0 Å². The van der Waals surface area contributed by atoms with Gasteiger partial charge in [-0.2, -0.15) is 4.98 Å². The first kappa shape index (κ1) is 13.2. The molecule has 0 saturated carbocycles. The van der Waals surface area contributed by atoms with Crippen molar-refractivity contribution in [2.45, 2.75) is 6.92 Å². The Labute approximate surface area is 108 Å². The third-order valence-corrected chi connectivity index (χ3v) is 2.43. The van der Waals surface area contributed by atoms with Gasteiger partial charge < -0.3 is 10.1 Å². The summed E-state index contributed by atoms with van der Waals surface area (Å²) in [5, 5.41) is 2.45. The molecule has 0 amide bonds. The van der Waals surface area contributed by atoms with Crippen LogP contribution in [-0.4, -0.2) is 12.0 Å². The number of nitrogens with one attached hydrogen (secondary N) is 1. The highest BCUT2D eigenvalue weighted by molar-refractivity contribution is 5.41. The number of hydrogen-bond acceptors (Lipinski definition) is 3. The number of halogens is 3. The summed E-state index contributed by atoms with van der Waals surface area (Å²) >= 11 is 0. The molecule has 0 aliphatic heterocycles. The fraction of sp³-hybridized carbons (Fsp3) is 0.154. The van der Waals surface area contributed by atoms with Crippen LogP contribution in [0.2, 0.25) is 0 Å². The van der Waals surface area contributed by atoms with Gasteiger partial charge in [0.2, 0.25) is 0 Å². The molecule has 3 nitrogen and oxygen atoms in total. The first-order valence-electron chi connectivity index (χ1n) is 5.49. The van der Waals surface area contributed by atoms with Crippen molar-refractivity contribution in [3.05, 3.63) is 47.3 Å². The molecule has 0 spiro atoms. The summed E-state index contributed by atoms with van der Waals surface area (Å²) in [4.78, 5) is 3.61. The number of benzene rings is 1. The Kier molecular flexibility index (Phi) is 3.59. The largest absolute Gasteiger partial charge is 0.433 e. The number of rotatable bonds is 3.